The molecule has 8 nitrogen and oxygen atoms in total. The van der Waals surface area contributed by atoms with Crippen molar-refractivity contribution in [1.29, 1.82) is 0 Å². The Morgan fingerprint density at radius 2 is 2.28 bits per heavy atom. The van der Waals surface area contributed by atoms with E-state index in [1.807, 2.05) is 4.68 Å². The number of guanidine groups is 1. The molecule has 2 aliphatic heterocycles. The van der Waals surface area contributed by atoms with Crippen molar-refractivity contribution in [1.82, 2.24) is 25.4 Å². The molecule has 158 valence electrons. The summed E-state index contributed by atoms with van der Waals surface area (Å²) in [7, 11) is 1.70. The Bertz CT molecular complexity index is 869. The number of fused-ring (bicyclic) bond motifs is 2. The Balaban J connectivity index is 0.00000240. The lowest BCUT2D eigenvalue weighted by molar-refractivity contribution is 0.254. The Labute approximate surface area is 188 Å². The summed E-state index contributed by atoms with van der Waals surface area (Å²) in [6.07, 6.45) is 4.69. The monoisotopic (exact) mass is 512 g/mol. The number of hydrogen-bond acceptors (Lipinski definition) is 5. The summed E-state index contributed by atoms with van der Waals surface area (Å²) < 4.78 is 13.5. The van der Waals surface area contributed by atoms with Crippen molar-refractivity contribution >= 4 is 29.9 Å². The Morgan fingerprint density at radius 1 is 1.41 bits per heavy atom. The molecular formula is C20H29IN6O2. The first-order chi connectivity index (χ1) is 13.7. The number of nitrogens with one attached hydrogen (secondary N) is 2. The van der Waals surface area contributed by atoms with Crippen LogP contribution in [-0.4, -0.2) is 46.5 Å². The van der Waals surface area contributed by atoms with Crippen LogP contribution in [0.1, 0.15) is 37.2 Å². The lowest BCUT2D eigenvalue weighted by atomic mass is 10.1. The Kier molecular flexibility index (Phi) is 7.20. The van der Waals surface area contributed by atoms with E-state index in [4.69, 9.17) is 14.5 Å². The number of aryl methyl sites for hydroxylation is 1. The molecular weight excluding hydrogens is 483 g/mol. The Hall–Kier alpha value is -2.04. The Morgan fingerprint density at radius 3 is 3.07 bits per heavy atom. The van der Waals surface area contributed by atoms with Gasteiger partial charge in [-0.1, -0.05) is 0 Å². The smallest absolute Gasteiger partial charge is 0.191 e. The van der Waals surface area contributed by atoms with Gasteiger partial charge in [-0.25, -0.2) is 14.7 Å². The minimum atomic E-state index is 0. The molecule has 0 amide bonds. The normalized spacial score (nSPS) is 20.2. The second-order valence-corrected chi connectivity index (χ2v) is 7.34. The average Bonchev–Trinajstić information content (AvgIpc) is 3.29. The summed E-state index contributed by atoms with van der Waals surface area (Å²) in [6, 6.07) is 4.42. The van der Waals surface area contributed by atoms with Crippen LogP contribution in [0, 0.1) is 0 Å². The number of benzene rings is 1. The van der Waals surface area contributed by atoms with Crippen LogP contribution in [0.25, 0.3) is 0 Å². The van der Waals surface area contributed by atoms with Crippen molar-refractivity contribution in [3.05, 3.63) is 35.4 Å². The molecule has 4 rings (SSSR count). The number of halogens is 1. The van der Waals surface area contributed by atoms with Gasteiger partial charge in [0.15, 0.2) is 5.96 Å². The molecule has 9 heteroatoms. The van der Waals surface area contributed by atoms with Crippen molar-refractivity contribution in [2.24, 2.45) is 4.99 Å². The minimum Gasteiger partial charge on any atom is -0.496 e. The van der Waals surface area contributed by atoms with Crippen LogP contribution < -0.4 is 20.1 Å². The van der Waals surface area contributed by atoms with Crippen LogP contribution in [-0.2, 0) is 25.9 Å². The third-order valence-electron chi connectivity index (χ3n) is 5.20. The molecule has 2 unspecified atom stereocenters. The number of ether oxygens (including phenoxy) is 2. The van der Waals surface area contributed by atoms with Gasteiger partial charge in [-0.2, -0.15) is 5.10 Å². The first kappa shape index (κ1) is 21.7. The predicted octanol–water partition coefficient (Wildman–Crippen LogP) is 2.30. The third kappa shape index (κ3) is 4.93. The van der Waals surface area contributed by atoms with E-state index in [9.17, 15) is 0 Å². The van der Waals surface area contributed by atoms with Gasteiger partial charge in [0.05, 0.1) is 20.2 Å². The predicted molar refractivity (Wildman–Crippen MR) is 122 cm³/mol. The van der Waals surface area contributed by atoms with E-state index in [0.717, 1.165) is 61.2 Å². The maximum Gasteiger partial charge on any atom is 0.191 e. The van der Waals surface area contributed by atoms with Crippen molar-refractivity contribution in [3.63, 3.8) is 0 Å². The molecule has 0 aliphatic carbocycles. The summed E-state index contributed by atoms with van der Waals surface area (Å²) in [6.45, 7) is 6.27. The van der Waals surface area contributed by atoms with E-state index >= 15 is 0 Å². The van der Waals surface area contributed by atoms with Gasteiger partial charge in [0.25, 0.3) is 0 Å². The van der Waals surface area contributed by atoms with Crippen LogP contribution in [0.3, 0.4) is 0 Å². The SMILES string of the molecule is CCNC(=NCc1cc2c(cc1OC)CC(C)O2)NC1CCc2ncnn2C1.I. The maximum absolute atomic E-state index is 5.90. The van der Waals surface area contributed by atoms with E-state index in [0.29, 0.717) is 6.54 Å². The topological polar surface area (TPSA) is 85.6 Å². The van der Waals surface area contributed by atoms with Gasteiger partial charge >= 0.3 is 0 Å². The van der Waals surface area contributed by atoms with Gasteiger partial charge in [-0.05, 0) is 32.4 Å². The summed E-state index contributed by atoms with van der Waals surface area (Å²) in [4.78, 5) is 9.08. The highest BCUT2D eigenvalue weighted by molar-refractivity contribution is 14.0. The summed E-state index contributed by atoms with van der Waals surface area (Å²) in [5.41, 5.74) is 2.22. The summed E-state index contributed by atoms with van der Waals surface area (Å²) >= 11 is 0. The van der Waals surface area contributed by atoms with Crippen LogP contribution in [0.15, 0.2) is 23.5 Å². The minimum absolute atomic E-state index is 0. The lowest BCUT2D eigenvalue weighted by Crippen LogP contribution is -2.47. The van der Waals surface area contributed by atoms with Crippen molar-refractivity contribution in [2.75, 3.05) is 13.7 Å². The molecule has 2 aliphatic rings. The zero-order valence-electron chi connectivity index (χ0n) is 17.1. The molecule has 0 bridgehead atoms. The second kappa shape index (κ2) is 9.64. The van der Waals surface area contributed by atoms with E-state index < -0.39 is 0 Å². The number of methoxy groups -OCH3 is 1. The number of nitrogens with zero attached hydrogens (tertiary/aromatic N) is 4. The molecule has 0 fully saturated rings. The molecule has 1 aromatic carbocycles. The van der Waals surface area contributed by atoms with Crippen LogP contribution >= 0.6 is 24.0 Å². The fraction of sp³-hybridized carbons (Fsp3) is 0.550. The zero-order chi connectivity index (χ0) is 19.5. The molecule has 0 saturated heterocycles. The number of aromatic nitrogens is 3. The molecule has 29 heavy (non-hydrogen) atoms. The lowest BCUT2D eigenvalue weighted by Gasteiger charge is -2.25. The van der Waals surface area contributed by atoms with E-state index in [-0.39, 0.29) is 36.1 Å². The first-order valence-electron chi connectivity index (χ1n) is 9.94. The quantitative estimate of drug-likeness (QED) is 0.364. The fourth-order valence-corrected chi connectivity index (χ4v) is 3.83. The van der Waals surface area contributed by atoms with Crippen molar-refractivity contribution < 1.29 is 9.47 Å². The zero-order valence-corrected chi connectivity index (χ0v) is 19.5. The van der Waals surface area contributed by atoms with Gasteiger partial charge in [0.1, 0.15) is 29.8 Å². The number of rotatable bonds is 5. The molecule has 2 atom stereocenters. The van der Waals surface area contributed by atoms with Crippen LogP contribution in [0.2, 0.25) is 0 Å². The maximum atomic E-state index is 5.90. The van der Waals surface area contributed by atoms with Gasteiger partial charge in [0, 0.05) is 36.6 Å². The molecule has 1 aromatic heterocycles. The number of hydrogen-bond donors (Lipinski definition) is 2. The largest absolute Gasteiger partial charge is 0.496 e. The van der Waals surface area contributed by atoms with E-state index in [1.54, 1.807) is 13.4 Å². The van der Waals surface area contributed by atoms with Crippen molar-refractivity contribution in [2.45, 2.75) is 58.3 Å². The standard InChI is InChI=1S/C20H28N6O2.HI/c1-4-21-20(25-16-5-6-19-23-12-24-26(19)11-16)22-10-15-9-18-14(7-13(2)28-18)8-17(15)27-3;/h8-9,12-13,16H,4-7,10-11H2,1-3H3,(H2,21,22,25);1H. The summed E-state index contributed by atoms with van der Waals surface area (Å²) in [5, 5.41) is 11.2. The highest BCUT2D eigenvalue weighted by Gasteiger charge is 2.22. The molecule has 0 saturated carbocycles. The van der Waals surface area contributed by atoms with Gasteiger partial charge in [0.2, 0.25) is 0 Å². The molecule has 2 aromatic rings. The molecule has 3 heterocycles. The molecule has 2 N–H and O–H groups in total. The van der Waals surface area contributed by atoms with Gasteiger partial charge in [-0.3, -0.25) is 0 Å². The summed E-state index contributed by atoms with van der Waals surface area (Å²) in [5.74, 6) is 3.66. The first-order valence-corrected chi connectivity index (χ1v) is 9.94. The second-order valence-electron chi connectivity index (χ2n) is 7.34. The molecule has 0 radical (unpaired) electrons. The van der Waals surface area contributed by atoms with Gasteiger partial charge < -0.3 is 20.1 Å². The van der Waals surface area contributed by atoms with Crippen molar-refractivity contribution in [3.8, 4) is 11.5 Å². The average molecular weight is 512 g/mol. The highest BCUT2D eigenvalue weighted by atomic mass is 127. The van der Waals surface area contributed by atoms with E-state index in [2.05, 4.69) is 46.7 Å². The highest BCUT2D eigenvalue weighted by Crippen LogP contribution is 2.35. The molecule has 0 spiro atoms. The third-order valence-corrected chi connectivity index (χ3v) is 5.20. The van der Waals surface area contributed by atoms with Crippen LogP contribution in [0.4, 0.5) is 0 Å². The van der Waals surface area contributed by atoms with Crippen LogP contribution in [0.5, 0.6) is 11.5 Å². The fourth-order valence-electron chi connectivity index (χ4n) is 3.83. The van der Waals surface area contributed by atoms with E-state index in [1.165, 1.54) is 5.56 Å². The number of aliphatic imine (C=N–C) groups is 1. The van der Waals surface area contributed by atoms with Gasteiger partial charge in [-0.15, -0.1) is 24.0 Å².